The number of carbonyl (C=O) groups excluding carboxylic acids is 1. The van der Waals surface area contributed by atoms with E-state index in [9.17, 15) is 9.59 Å². The first-order chi connectivity index (χ1) is 9.63. The largest absolute Gasteiger partial charge is 0.481 e. The molecule has 0 aliphatic carbocycles. The molecule has 0 radical (unpaired) electrons. The molecule has 4 nitrogen and oxygen atoms in total. The molecule has 1 fully saturated rings. The maximum atomic E-state index is 12.7. The SMILES string of the molecule is CCc1ccccc1C(=O)N1CCCCC1CC(=O)O. The van der Waals surface area contributed by atoms with E-state index in [1.807, 2.05) is 31.2 Å². The lowest BCUT2D eigenvalue weighted by Crippen LogP contribution is -2.45. The van der Waals surface area contributed by atoms with E-state index in [4.69, 9.17) is 5.11 Å². The van der Waals surface area contributed by atoms with E-state index in [1.54, 1.807) is 4.90 Å². The van der Waals surface area contributed by atoms with Crippen LogP contribution in [-0.4, -0.2) is 34.5 Å². The van der Waals surface area contributed by atoms with Gasteiger partial charge in [0.2, 0.25) is 0 Å². The Bertz CT molecular complexity index is 498. The Kier molecular flexibility index (Phi) is 4.77. The van der Waals surface area contributed by atoms with Gasteiger partial charge in [0.1, 0.15) is 0 Å². The molecule has 1 saturated heterocycles. The highest BCUT2D eigenvalue weighted by molar-refractivity contribution is 5.96. The third-order valence-corrected chi connectivity index (χ3v) is 3.93. The van der Waals surface area contributed by atoms with Gasteiger partial charge in [-0.15, -0.1) is 0 Å². The molecule has 20 heavy (non-hydrogen) atoms. The molecule has 0 spiro atoms. The molecule has 1 aromatic carbocycles. The molecule has 1 amide bonds. The predicted molar refractivity (Wildman–Crippen MR) is 76.7 cm³/mol. The van der Waals surface area contributed by atoms with Crippen molar-refractivity contribution in [2.75, 3.05) is 6.54 Å². The van der Waals surface area contributed by atoms with Crippen LogP contribution >= 0.6 is 0 Å². The zero-order chi connectivity index (χ0) is 14.5. The summed E-state index contributed by atoms with van der Waals surface area (Å²) in [7, 11) is 0. The summed E-state index contributed by atoms with van der Waals surface area (Å²) >= 11 is 0. The normalized spacial score (nSPS) is 18.9. The summed E-state index contributed by atoms with van der Waals surface area (Å²) in [5.74, 6) is -0.855. The number of aryl methyl sites for hydroxylation is 1. The zero-order valence-electron chi connectivity index (χ0n) is 11.8. The zero-order valence-corrected chi connectivity index (χ0v) is 11.8. The molecule has 1 atom stereocenters. The average Bonchev–Trinajstić information content (AvgIpc) is 2.46. The Morgan fingerprint density at radius 2 is 2.05 bits per heavy atom. The smallest absolute Gasteiger partial charge is 0.305 e. The summed E-state index contributed by atoms with van der Waals surface area (Å²) in [5.41, 5.74) is 1.74. The van der Waals surface area contributed by atoms with Gasteiger partial charge in [0.15, 0.2) is 0 Å². The second kappa shape index (κ2) is 6.55. The molecule has 108 valence electrons. The van der Waals surface area contributed by atoms with Crippen LogP contribution in [0, 0.1) is 0 Å². The fourth-order valence-electron chi connectivity index (χ4n) is 2.87. The van der Waals surface area contributed by atoms with Crippen LogP contribution in [-0.2, 0) is 11.2 Å². The molecular weight excluding hydrogens is 254 g/mol. The third-order valence-electron chi connectivity index (χ3n) is 3.93. The van der Waals surface area contributed by atoms with Crippen LogP contribution in [0.5, 0.6) is 0 Å². The number of nitrogens with zero attached hydrogens (tertiary/aromatic N) is 1. The number of hydrogen-bond donors (Lipinski definition) is 1. The van der Waals surface area contributed by atoms with Crippen molar-refractivity contribution in [2.45, 2.75) is 45.1 Å². The second-order valence-corrected chi connectivity index (χ2v) is 5.26. The Labute approximate surface area is 119 Å². The standard InChI is InChI=1S/C16H21NO3/c1-2-12-7-3-4-9-14(12)16(20)17-10-6-5-8-13(17)11-15(18)19/h3-4,7,9,13H,2,5-6,8,10-11H2,1H3,(H,18,19). The van der Waals surface area contributed by atoms with Crippen molar-refractivity contribution in [1.29, 1.82) is 0 Å². The minimum Gasteiger partial charge on any atom is -0.481 e. The number of piperidine rings is 1. The Morgan fingerprint density at radius 3 is 2.75 bits per heavy atom. The van der Waals surface area contributed by atoms with E-state index >= 15 is 0 Å². The first kappa shape index (κ1) is 14.6. The number of aliphatic carboxylic acids is 1. The van der Waals surface area contributed by atoms with E-state index < -0.39 is 5.97 Å². The van der Waals surface area contributed by atoms with Crippen LogP contribution in [0.4, 0.5) is 0 Å². The maximum absolute atomic E-state index is 12.7. The van der Waals surface area contributed by atoms with Crippen molar-refractivity contribution in [1.82, 2.24) is 4.90 Å². The van der Waals surface area contributed by atoms with Crippen LogP contribution in [0.3, 0.4) is 0 Å². The summed E-state index contributed by atoms with van der Waals surface area (Å²) < 4.78 is 0. The number of amides is 1. The predicted octanol–water partition coefficient (Wildman–Crippen LogP) is 2.72. The Hall–Kier alpha value is -1.84. The van der Waals surface area contributed by atoms with Crippen molar-refractivity contribution in [3.63, 3.8) is 0 Å². The monoisotopic (exact) mass is 275 g/mol. The molecule has 1 heterocycles. The lowest BCUT2D eigenvalue weighted by molar-refractivity contribution is -0.138. The minimum absolute atomic E-state index is 0.0200. The van der Waals surface area contributed by atoms with Gasteiger partial charge >= 0.3 is 5.97 Å². The van der Waals surface area contributed by atoms with Gasteiger partial charge in [-0.3, -0.25) is 9.59 Å². The molecule has 1 aliphatic rings. The van der Waals surface area contributed by atoms with Crippen LogP contribution in [0.1, 0.15) is 48.5 Å². The van der Waals surface area contributed by atoms with Crippen molar-refractivity contribution in [3.8, 4) is 0 Å². The maximum Gasteiger partial charge on any atom is 0.305 e. The van der Waals surface area contributed by atoms with Crippen LogP contribution in [0.25, 0.3) is 0 Å². The first-order valence-electron chi connectivity index (χ1n) is 7.24. The fourth-order valence-corrected chi connectivity index (χ4v) is 2.87. The van der Waals surface area contributed by atoms with Gasteiger partial charge in [-0.25, -0.2) is 0 Å². The van der Waals surface area contributed by atoms with Gasteiger partial charge in [-0.2, -0.15) is 0 Å². The number of benzene rings is 1. The second-order valence-electron chi connectivity index (χ2n) is 5.26. The molecule has 4 heteroatoms. The molecule has 0 bridgehead atoms. The summed E-state index contributed by atoms with van der Waals surface area (Å²) in [5, 5.41) is 9.00. The van der Waals surface area contributed by atoms with Gasteiger partial charge in [0.05, 0.1) is 6.42 Å². The van der Waals surface area contributed by atoms with E-state index in [0.29, 0.717) is 12.1 Å². The van der Waals surface area contributed by atoms with E-state index in [1.165, 1.54) is 0 Å². The van der Waals surface area contributed by atoms with Gasteiger partial charge in [-0.1, -0.05) is 25.1 Å². The number of hydrogen-bond acceptors (Lipinski definition) is 2. The summed E-state index contributed by atoms with van der Waals surface area (Å²) in [6.07, 6.45) is 3.58. The van der Waals surface area contributed by atoms with Crippen LogP contribution in [0.2, 0.25) is 0 Å². The third kappa shape index (κ3) is 3.18. The van der Waals surface area contributed by atoms with E-state index in [-0.39, 0.29) is 18.4 Å². The summed E-state index contributed by atoms with van der Waals surface area (Å²) in [6.45, 7) is 2.69. The fraction of sp³-hybridized carbons (Fsp3) is 0.500. The van der Waals surface area contributed by atoms with E-state index in [2.05, 4.69) is 0 Å². The quantitative estimate of drug-likeness (QED) is 0.919. The molecule has 0 aromatic heterocycles. The van der Waals surface area contributed by atoms with Gasteiger partial charge in [0, 0.05) is 18.2 Å². The summed E-state index contributed by atoms with van der Waals surface area (Å²) in [4.78, 5) is 25.4. The Morgan fingerprint density at radius 1 is 1.30 bits per heavy atom. The number of carbonyl (C=O) groups is 2. The average molecular weight is 275 g/mol. The molecule has 1 N–H and O–H groups in total. The number of carboxylic acids is 1. The van der Waals surface area contributed by atoms with Gasteiger partial charge < -0.3 is 10.0 Å². The molecule has 2 rings (SSSR count). The highest BCUT2D eigenvalue weighted by atomic mass is 16.4. The highest BCUT2D eigenvalue weighted by Crippen LogP contribution is 2.23. The van der Waals surface area contributed by atoms with Gasteiger partial charge in [-0.05, 0) is 37.3 Å². The number of rotatable bonds is 4. The molecule has 0 saturated carbocycles. The van der Waals surface area contributed by atoms with Crippen LogP contribution < -0.4 is 0 Å². The number of likely N-dealkylation sites (tertiary alicyclic amines) is 1. The van der Waals surface area contributed by atoms with Crippen molar-refractivity contribution >= 4 is 11.9 Å². The molecule has 1 unspecified atom stereocenters. The topological polar surface area (TPSA) is 57.6 Å². The molecule has 1 aliphatic heterocycles. The lowest BCUT2D eigenvalue weighted by Gasteiger charge is -2.35. The van der Waals surface area contributed by atoms with Crippen molar-refractivity contribution in [2.24, 2.45) is 0 Å². The van der Waals surface area contributed by atoms with Crippen molar-refractivity contribution in [3.05, 3.63) is 35.4 Å². The minimum atomic E-state index is -0.835. The Balaban J connectivity index is 2.23. The molecular formula is C16H21NO3. The van der Waals surface area contributed by atoms with E-state index in [0.717, 1.165) is 31.2 Å². The highest BCUT2D eigenvalue weighted by Gasteiger charge is 2.29. The molecule has 1 aromatic rings. The van der Waals surface area contributed by atoms with Crippen LogP contribution in [0.15, 0.2) is 24.3 Å². The number of carboxylic acid groups (broad SMARTS) is 1. The van der Waals surface area contributed by atoms with Crippen molar-refractivity contribution < 1.29 is 14.7 Å². The lowest BCUT2D eigenvalue weighted by atomic mass is 9.96. The van der Waals surface area contributed by atoms with Gasteiger partial charge in [0.25, 0.3) is 5.91 Å². The first-order valence-corrected chi connectivity index (χ1v) is 7.24. The summed E-state index contributed by atoms with van der Waals surface area (Å²) in [6, 6.07) is 7.43.